The van der Waals surface area contributed by atoms with Gasteiger partial charge in [0.1, 0.15) is 23.8 Å². The molecule has 0 aliphatic carbocycles. The Labute approximate surface area is 245 Å². The van der Waals surface area contributed by atoms with Crippen molar-refractivity contribution >= 4 is 33.4 Å². The number of nitrogens with one attached hydrogen (secondary N) is 3. The highest BCUT2D eigenvalue weighted by atomic mass is 32.2. The first-order chi connectivity index (χ1) is 19.8. The van der Waals surface area contributed by atoms with Gasteiger partial charge in [0.05, 0.1) is 30.0 Å². The van der Waals surface area contributed by atoms with Crippen molar-refractivity contribution in [2.75, 3.05) is 30.3 Å². The number of rotatable bonds is 13. The number of benzene rings is 3. The molecule has 0 unspecified atom stereocenters. The summed E-state index contributed by atoms with van der Waals surface area (Å²) in [7, 11) is -2.48. The fourth-order valence-corrected chi connectivity index (χ4v) is 4.78. The van der Waals surface area contributed by atoms with E-state index in [2.05, 4.69) is 15.4 Å². The van der Waals surface area contributed by atoms with E-state index >= 15 is 0 Å². The highest BCUT2D eigenvalue weighted by Crippen LogP contribution is 2.30. The molecule has 0 saturated carbocycles. The Kier molecular flexibility index (Phi) is 11.3. The zero-order valence-corrected chi connectivity index (χ0v) is 24.8. The number of anilines is 2. The standard InChI is InChI=1S/C30H36FN3O7S/c1-30(2,3)41-29(36)33-26-16-13-24(18-27(26)39-4)34-42(37,38)25-14-9-21(10-15-25)6-5-17-32-28(35)20-40-19-22-7-11-23(31)12-8-22/h7-16,18,34H,5-6,17,19-20H2,1-4H3,(H,32,35)(H,33,36). The Bertz CT molecular complexity index is 1460. The van der Waals surface area contributed by atoms with Crippen molar-refractivity contribution in [3.63, 3.8) is 0 Å². The number of sulfonamides is 1. The molecule has 2 amide bonds. The Balaban J connectivity index is 1.45. The molecule has 3 rings (SSSR count). The summed E-state index contributed by atoms with van der Waals surface area (Å²) in [6, 6.07) is 16.8. The fraction of sp³-hybridized carbons (Fsp3) is 0.333. The minimum absolute atomic E-state index is 0.0766. The van der Waals surface area contributed by atoms with E-state index in [0.717, 1.165) is 11.1 Å². The van der Waals surface area contributed by atoms with Crippen molar-refractivity contribution in [1.82, 2.24) is 5.32 Å². The molecule has 0 aromatic heterocycles. The van der Waals surface area contributed by atoms with Gasteiger partial charge in [-0.15, -0.1) is 0 Å². The van der Waals surface area contributed by atoms with Crippen LogP contribution < -0.4 is 20.1 Å². The summed E-state index contributed by atoms with van der Waals surface area (Å²) in [4.78, 5) is 24.1. The van der Waals surface area contributed by atoms with Crippen LogP contribution in [0.2, 0.25) is 0 Å². The lowest BCUT2D eigenvalue weighted by atomic mass is 10.1. The Morgan fingerprint density at radius 3 is 2.24 bits per heavy atom. The zero-order valence-electron chi connectivity index (χ0n) is 24.0. The van der Waals surface area contributed by atoms with Crippen LogP contribution in [0.25, 0.3) is 0 Å². The topological polar surface area (TPSA) is 132 Å². The number of carbonyl (C=O) groups is 2. The second-order valence-electron chi connectivity index (χ2n) is 10.4. The summed E-state index contributed by atoms with van der Waals surface area (Å²) in [6.07, 6.45) is 0.620. The molecule has 0 saturated heterocycles. The fourth-order valence-electron chi connectivity index (χ4n) is 3.73. The molecule has 0 aliphatic heterocycles. The largest absolute Gasteiger partial charge is 0.494 e. The number of carbonyl (C=O) groups excluding carboxylic acids is 2. The molecule has 3 N–H and O–H groups in total. The van der Waals surface area contributed by atoms with Crippen LogP contribution in [0.15, 0.2) is 71.6 Å². The van der Waals surface area contributed by atoms with Gasteiger partial charge in [-0.2, -0.15) is 0 Å². The van der Waals surface area contributed by atoms with E-state index < -0.39 is 21.7 Å². The van der Waals surface area contributed by atoms with Crippen LogP contribution in [0, 0.1) is 5.82 Å². The SMILES string of the molecule is COc1cc(NS(=O)(=O)c2ccc(CCCNC(=O)COCc3ccc(F)cc3)cc2)ccc1NC(=O)OC(C)(C)C. The van der Waals surface area contributed by atoms with Gasteiger partial charge in [0.2, 0.25) is 5.91 Å². The minimum atomic E-state index is -3.89. The number of ether oxygens (including phenoxy) is 3. The molecule has 3 aromatic rings. The highest BCUT2D eigenvalue weighted by Gasteiger charge is 2.19. The molecule has 0 bridgehead atoms. The first-order valence-corrected chi connectivity index (χ1v) is 14.7. The van der Waals surface area contributed by atoms with Crippen LogP contribution in [0.5, 0.6) is 5.75 Å². The molecule has 0 aliphatic rings. The van der Waals surface area contributed by atoms with E-state index in [1.54, 1.807) is 45.0 Å². The summed E-state index contributed by atoms with van der Waals surface area (Å²) >= 11 is 0. The van der Waals surface area contributed by atoms with Crippen LogP contribution in [0.3, 0.4) is 0 Å². The molecule has 226 valence electrons. The predicted molar refractivity (Wildman–Crippen MR) is 157 cm³/mol. The molecular weight excluding hydrogens is 565 g/mol. The molecule has 0 radical (unpaired) electrons. The van der Waals surface area contributed by atoms with E-state index in [4.69, 9.17) is 14.2 Å². The third-order valence-electron chi connectivity index (χ3n) is 5.70. The second-order valence-corrected chi connectivity index (χ2v) is 12.0. The summed E-state index contributed by atoms with van der Waals surface area (Å²) in [5.74, 6) is -0.332. The summed E-state index contributed by atoms with van der Waals surface area (Å²) in [5.41, 5.74) is 1.59. The molecule has 0 atom stereocenters. The third kappa shape index (κ3) is 10.7. The number of aryl methyl sites for hydroxylation is 1. The van der Waals surface area contributed by atoms with Crippen molar-refractivity contribution in [2.24, 2.45) is 0 Å². The lowest BCUT2D eigenvalue weighted by molar-refractivity contribution is -0.126. The lowest BCUT2D eigenvalue weighted by Crippen LogP contribution is -2.28. The van der Waals surface area contributed by atoms with Gasteiger partial charge >= 0.3 is 6.09 Å². The quantitative estimate of drug-likeness (QED) is 0.228. The van der Waals surface area contributed by atoms with Gasteiger partial charge in [0.25, 0.3) is 10.0 Å². The molecular formula is C30H36FN3O7S. The molecule has 3 aromatic carbocycles. The van der Waals surface area contributed by atoms with Gasteiger partial charge in [-0.25, -0.2) is 17.6 Å². The van der Waals surface area contributed by atoms with Crippen LogP contribution in [0.1, 0.15) is 38.3 Å². The van der Waals surface area contributed by atoms with Crippen LogP contribution in [0.4, 0.5) is 20.6 Å². The Morgan fingerprint density at radius 2 is 1.60 bits per heavy atom. The third-order valence-corrected chi connectivity index (χ3v) is 7.10. The lowest BCUT2D eigenvalue weighted by Gasteiger charge is -2.20. The van der Waals surface area contributed by atoms with Crippen molar-refractivity contribution < 1.29 is 36.6 Å². The van der Waals surface area contributed by atoms with E-state index in [0.29, 0.717) is 25.1 Å². The normalized spacial score (nSPS) is 11.5. The Hall–Kier alpha value is -4.16. The van der Waals surface area contributed by atoms with Gasteiger partial charge in [-0.3, -0.25) is 14.8 Å². The van der Waals surface area contributed by atoms with Gasteiger partial charge < -0.3 is 19.5 Å². The number of amides is 2. The minimum Gasteiger partial charge on any atom is -0.494 e. The molecule has 0 fully saturated rings. The molecule has 12 heteroatoms. The maximum atomic E-state index is 12.9. The molecule has 42 heavy (non-hydrogen) atoms. The molecule has 0 heterocycles. The van der Waals surface area contributed by atoms with Crippen LogP contribution in [-0.4, -0.2) is 46.3 Å². The highest BCUT2D eigenvalue weighted by molar-refractivity contribution is 7.92. The van der Waals surface area contributed by atoms with Crippen molar-refractivity contribution in [3.05, 3.63) is 83.7 Å². The maximum Gasteiger partial charge on any atom is 0.412 e. The van der Waals surface area contributed by atoms with E-state index in [1.165, 1.54) is 49.6 Å². The first kappa shape index (κ1) is 32.4. The van der Waals surface area contributed by atoms with Crippen molar-refractivity contribution in [3.8, 4) is 5.75 Å². The van der Waals surface area contributed by atoms with Crippen LogP contribution in [-0.2, 0) is 37.3 Å². The van der Waals surface area contributed by atoms with Crippen molar-refractivity contribution in [2.45, 2.75) is 50.7 Å². The van der Waals surface area contributed by atoms with Crippen molar-refractivity contribution in [1.29, 1.82) is 0 Å². The number of methoxy groups -OCH3 is 1. The second kappa shape index (κ2) is 14.6. The Morgan fingerprint density at radius 1 is 0.929 bits per heavy atom. The summed E-state index contributed by atoms with van der Waals surface area (Å²) in [5, 5.41) is 5.36. The zero-order chi connectivity index (χ0) is 30.8. The summed E-state index contributed by atoms with van der Waals surface area (Å²) in [6.45, 7) is 5.76. The number of halogens is 1. The van der Waals surface area contributed by atoms with Gasteiger partial charge in [0, 0.05) is 12.6 Å². The smallest absolute Gasteiger partial charge is 0.412 e. The number of hydrogen-bond donors (Lipinski definition) is 3. The first-order valence-electron chi connectivity index (χ1n) is 13.2. The average molecular weight is 602 g/mol. The van der Waals surface area contributed by atoms with Gasteiger partial charge in [-0.05, 0) is 81.1 Å². The van der Waals surface area contributed by atoms with Gasteiger partial charge in [-0.1, -0.05) is 24.3 Å². The number of hydrogen-bond acceptors (Lipinski definition) is 7. The van der Waals surface area contributed by atoms with Gasteiger partial charge in [0.15, 0.2) is 0 Å². The maximum absolute atomic E-state index is 12.9. The van der Waals surface area contributed by atoms with E-state index in [-0.39, 0.29) is 41.3 Å². The van der Waals surface area contributed by atoms with Crippen LogP contribution >= 0.6 is 0 Å². The van der Waals surface area contributed by atoms with E-state index in [9.17, 15) is 22.4 Å². The molecule has 0 spiro atoms. The monoisotopic (exact) mass is 601 g/mol. The predicted octanol–water partition coefficient (Wildman–Crippen LogP) is 5.25. The summed E-state index contributed by atoms with van der Waals surface area (Å²) < 4.78 is 57.2. The average Bonchev–Trinajstić information content (AvgIpc) is 2.92. The van der Waals surface area contributed by atoms with E-state index in [1.807, 2.05) is 0 Å². The molecule has 10 nitrogen and oxygen atoms in total.